The SMILES string of the molecule is C=CC(C)(Cc1ccc(OC)cc1F)C(=O)OCC. The van der Waals surface area contributed by atoms with Gasteiger partial charge in [0.2, 0.25) is 0 Å². The third-order valence-corrected chi connectivity index (χ3v) is 3.01. The molecule has 0 saturated carbocycles. The fraction of sp³-hybridized carbons (Fsp3) is 0.400. The molecule has 0 aliphatic heterocycles. The average molecular weight is 266 g/mol. The van der Waals surface area contributed by atoms with E-state index in [1.807, 2.05) is 0 Å². The van der Waals surface area contributed by atoms with Crippen LogP contribution in [0.4, 0.5) is 4.39 Å². The first-order valence-corrected chi connectivity index (χ1v) is 6.10. The van der Waals surface area contributed by atoms with Crippen LogP contribution in [0.5, 0.6) is 5.75 Å². The Morgan fingerprint density at radius 1 is 1.53 bits per heavy atom. The van der Waals surface area contributed by atoms with Crippen LogP contribution >= 0.6 is 0 Å². The van der Waals surface area contributed by atoms with Crippen molar-refractivity contribution in [2.24, 2.45) is 5.41 Å². The van der Waals surface area contributed by atoms with Gasteiger partial charge in [-0.2, -0.15) is 0 Å². The zero-order chi connectivity index (χ0) is 14.5. The largest absolute Gasteiger partial charge is 0.497 e. The minimum absolute atomic E-state index is 0.200. The molecule has 0 fully saturated rings. The highest BCUT2D eigenvalue weighted by Gasteiger charge is 2.32. The molecular weight excluding hydrogens is 247 g/mol. The zero-order valence-electron chi connectivity index (χ0n) is 11.5. The second kappa shape index (κ2) is 6.36. The molecule has 0 radical (unpaired) electrons. The Morgan fingerprint density at radius 2 is 2.21 bits per heavy atom. The van der Waals surface area contributed by atoms with Gasteiger partial charge in [0.1, 0.15) is 11.6 Å². The minimum Gasteiger partial charge on any atom is -0.497 e. The molecule has 1 aromatic carbocycles. The van der Waals surface area contributed by atoms with Crippen LogP contribution in [0.3, 0.4) is 0 Å². The van der Waals surface area contributed by atoms with E-state index in [0.717, 1.165) is 0 Å². The van der Waals surface area contributed by atoms with Gasteiger partial charge < -0.3 is 9.47 Å². The van der Waals surface area contributed by atoms with E-state index in [4.69, 9.17) is 9.47 Å². The first-order chi connectivity index (χ1) is 8.96. The van der Waals surface area contributed by atoms with Gasteiger partial charge in [-0.05, 0) is 31.9 Å². The van der Waals surface area contributed by atoms with Gasteiger partial charge in [0.25, 0.3) is 0 Å². The van der Waals surface area contributed by atoms with Crippen LogP contribution in [0, 0.1) is 11.2 Å². The lowest BCUT2D eigenvalue weighted by molar-refractivity contribution is -0.151. The number of hydrogen-bond donors (Lipinski definition) is 0. The van der Waals surface area contributed by atoms with Crippen LogP contribution in [0.2, 0.25) is 0 Å². The van der Waals surface area contributed by atoms with Crippen LogP contribution in [0.15, 0.2) is 30.9 Å². The Hall–Kier alpha value is -1.84. The summed E-state index contributed by atoms with van der Waals surface area (Å²) in [5.41, 5.74) is -0.512. The highest BCUT2D eigenvalue weighted by Crippen LogP contribution is 2.28. The fourth-order valence-electron chi connectivity index (χ4n) is 1.72. The lowest BCUT2D eigenvalue weighted by Gasteiger charge is -2.23. The predicted molar refractivity (Wildman–Crippen MR) is 71.6 cm³/mol. The van der Waals surface area contributed by atoms with Gasteiger partial charge in [-0.15, -0.1) is 6.58 Å². The summed E-state index contributed by atoms with van der Waals surface area (Å²) in [5.74, 6) is -0.366. The molecule has 104 valence electrons. The highest BCUT2D eigenvalue weighted by molar-refractivity contribution is 5.79. The molecule has 3 nitrogen and oxygen atoms in total. The van der Waals surface area contributed by atoms with Crippen molar-refractivity contribution in [2.75, 3.05) is 13.7 Å². The number of methoxy groups -OCH3 is 1. The summed E-state index contributed by atoms with van der Waals surface area (Å²) < 4.78 is 23.8. The molecule has 0 N–H and O–H groups in total. The molecule has 19 heavy (non-hydrogen) atoms. The van der Waals surface area contributed by atoms with E-state index in [9.17, 15) is 9.18 Å². The number of benzene rings is 1. The van der Waals surface area contributed by atoms with Crippen molar-refractivity contribution >= 4 is 5.97 Å². The molecule has 0 aliphatic rings. The maximum atomic E-state index is 13.9. The Bertz CT molecular complexity index is 470. The van der Waals surface area contributed by atoms with Crippen molar-refractivity contribution in [2.45, 2.75) is 20.3 Å². The second-order valence-corrected chi connectivity index (χ2v) is 4.48. The van der Waals surface area contributed by atoms with E-state index < -0.39 is 17.2 Å². The van der Waals surface area contributed by atoms with Crippen LogP contribution in [0.1, 0.15) is 19.4 Å². The fourth-order valence-corrected chi connectivity index (χ4v) is 1.72. The molecule has 0 amide bonds. The second-order valence-electron chi connectivity index (χ2n) is 4.48. The third kappa shape index (κ3) is 3.56. The Labute approximate surface area is 113 Å². The molecule has 0 bridgehead atoms. The van der Waals surface area contributed by atoms with E-state index in [-0.39, 0.29) is 13.0 Å². The number of carbonyl (C=O) groups is 1. The molecule has 0 saturated heterocycles. The predicted octanol–water partition coefficient (Wildman–Crippen LogP) is 3.13. The van der Waals surface area contributed by atoms with Crippen LogP contribution in [-0.4, -0.2) is 19.7 Å². The van der Waals surface area contributed by atoms with Crippen LogP contribution in [0.25, 0.3) is 0 Å². The van der Waals surface area contributed by atoms with Crippen molar-refractivity contribution in [1.82, 2.24) is 0 Å². The summed E-state index contributed by atoms with van der Waals surface area (Å²) in [5, 5.41) is 0. The Kier molecular flexibility index (Phi) is 5.10. The average Bonchev–Trinajstić information content (AvgIpc) is 2.41. The van der Waals surface area contributed by atoms with Crippen molar-refractivity contribution in [3.63, 3.8) is 0 Å². The smallest absolute Gasteiger partial charge is 0.315 e. The summed E-state index contributed by atoms with van der Waals surface area (Å²) in [6, 6.07) is 4.56. The van der Waals surface area contributed by atoms with Gasteiger partial charge in [-0.1, -0.05) is 12.1 Å². The van der Waals surface area contributed by atoms with E-state index in [1.165, 1.54) is 19.3 Å². The normalized spacial score (nSPS) is 13.5. The standard InChI is InChI=1S/C15H19FO3/c1-5-15(3,14(17)19-6-2)10-11-7-8-12(18-4)9-13(11)16/h5,7-9H,1,6,10H2,2-4H3. The summed E-state index contributed by atoms with van der Waals surface area (Å²) >= 11 is 0. The highest BCUT2D eigenvalue weighted by atomic mass is 19.1. The molecule has 1 unspecified atom stereocenters. The number of ether oxygens (including phenoxy) is 2. The third-order valence-electron chi connectivity index (χ3n) is 3.01. The first kappa shape index (κ1) is 15.2. The van der Waals surface area contributed by atoms with E-state index in [2.05, 4.69) is 6.58 Å². The van der Waals surface area contributed by atoms with Crippen molar-refractivity contribution in [1.29, 1.82) is 0 Å². The van der Waals surface area contributed by atoms with Gasteiger partial charge in [0, 0.05) is 6.07 Å². The summed E-state index contributed by atoms with van der Waals surface area (Å²) in [6.45, 7) is 7.35. The molecule has 1 atom stereocenters. The number of rotatable bonds is 6. The number of halogens is 1. The van der Waals surface area contributed by atoms with Gasteiger partial charge in [-0.3, -0.25) is 4.79 Å². The van der Waals surface area contributed by atoms with Crippen molar-refractivity contribution in [3.05, 3.63) is 42.2 Å². The van der Waals surface area contributed by atoms with E-state index >= 15 is 0 Å². The lowest BCUT2D eigenvalue weighted by Crippen LogP contribution is -2.30. The zero-order valence-corrected chi connectivity index (χ0v) is 11.5. The summed E-state index contributed by atoms with van der Waals surface area (Å²) in [6.07, 6.45) is 1.69. The summed E-state index contributed by atoms with van der Waals surface area (Å²) in [7, 11) is 1.47. The minimum atomic E-state index is -0.939. The number of carbonyl (C=O) groups excluding carboxylic acids is 1. The molecule has 0 spiro atoms. The van der Waals surface area contributed by atoms with Crippen LogP contribution < -0.4 is 4.74 Å². The topological polar surface area (TPSA) is 35.5 Å². The monoisotopic (exact) mass is 266 g/mol. The van der Waals surface area contributed by atoms with Gasteiger partial charge in [0.15, 0.2) is 0 Å². The molecule has 1 rings (SSSR count). The van der Waals surface area contributed by atoms with Gasteiger partial charge in [-0.25, -0.2) is 4.39 Å². The molecular formula is C15H19FO3. The number of hydrogen-bond acceptors (Lipinski definition) is 3. The first-order valence-electron chi connectivity index (χ1n) is 6.10. The van der Waals surface area contributed by atoms with Crippen molar-refractivity contribution < 1.29 is 18.7 Å². The molecule has 0 aliphatic carbocycles. The molecule has 1 aromatic rings. The van der Waals surface area contributed by atoms with Crippen molar-refractivity contribution in [3.8, 4) is 5.75 Å². The Balaban J connectivity index is 2.98. The molecule has 0 aromatic heterocycles. The maximum absolute atomic E-state index is 13.9. The number of esters is 1. The molecule has 0 heterocycles. The lowest BCUT2D eigenvalue weighted by atomic mass is 9.83. The summed E-state index contributed by atoms with van der Waals surface area (Å²) in [4.78, 5) is 11.9. The maximum Gasteiger partial charge on any atom is 0.315 e. The van der Waals surface area contributed by atoms with E-state index in [0.29, 0.717) is 11.3 Å². The quantitative estimate of drug-likeness (QED) is 0.586. The Morgan fingerprint density at radius 3 is 2.68 bits per heavy atom. The molecule has 4 heteroatoms. The van der Waals surface area contributed by atoms with E-state index in [1.54, 1.807) is 26.0 Å². The van der Waals surface area contributed by atoms with Crippen LogP contribution in [-0.2, 0) is 16.0 Å². The van der Waals surface area contributed by atoms with Gasteiger partial charge in [0.05, 0.1) is 19.1 Å². The van der Waals surface area contributed by atoms with Gasteiger partial charge >= 0.3 is 5.97 Å².